The van der Waals surface area contributed by atoms with Gasteiger partial charge in [0.15, 0.2) is 0 Å². The molecule has 2 atom stereocenters. The van der Waals surface area contributed by atoms with E-state index in [2.05, 4.69) is 243 Å². The van der Waals surface area contributed by atoms with Crippen LogP contribution in [0.3, 0.4) is 0 Å². The summed E-state index contributed by atoms with van der Waals surface area (Å²) in [5.74, 6) is 0. The summed E-state index contributed by atoms with van der Waals surface area (Å²) in [4.78, 5) is 2.46. The zero-order valence-corrected chi connectivity index (χ0v) is 33.3. The predicted octanol–water partition coefficient (Wildman–Crippen LogP) is 15.2. The highest BCUT2D eigenvalue weighted by Gasteiger charge is 2.42. The first-order chi connectivity index (χ1) is 29.0. The van der Waals surface area contributed by atoms with Crippen LogP contribution in [0.1, 0.15) is 47.2 Å². The van der Waals surface area contributed by atoms with Crippen molar-refractivity contribution < 1.29 is 0 Å². The van der Waals surface area contributed by atoms with Crippen LogP contribution in [0.5, 0.6) is 0 Å². The van der Waals surface area contributed by atoms with E-state index in [4.69, 9.17) is 0 Å². The Morgan fingerprint density at radius 1 is 0.271 bits per heavy atom. The van der Waals surface area contributed by atoms with Crippen molar-refractivity contribution in [2.75, 3.05) is 4.90 Å². The summed E-state index contributed by atoms with van der Waals surface area (Å²) in [5.41, 5.74) is 20.8. The van der Waals surface area contributed by atoms with Gasteiger partial charge in [0, 0.05) is 27.9 Å². The van der Waals surface area contributed by atoms with Crippen molar-refractivity contribution in [1.29, 1.82) is 0 Å². The van der Waals surface area contributed by atoms with Gasteiger partial charge in [-0.1, -0.05) is 182 Å². The van der Waals surface area contributed by atoms with E-state index < -0.39 is 0 Å². The van der Waals surface area contributed by atoms with Gasteiger partial charge in [-0.15, -0.1) is 0 Å². The molecule has 0 fully saturated rings. The Morgan fingerprint density at radius 2 is 0.695 bits per heavy atom. The van der Waals surface area contributed by atoms with E-state index in [9.17, 15) is 0 Å². The van der Waals surface area contributed by atoms with E-state index in [1.54, 1.807) is 0 Å². The Bertz CT molecular complexity index is 3000. The maximum atomic E-state index is 2.46. The second-order valence-corrected chi connectivity index (χ2v) is 16.4. The van der Waals surface area contributed by atoms with Gasteiger partial charge in [-0.25, -0.2) is 0 Å². The van der Waals surface area contributed by atoms with Gasteiger partial charge in [0.1, 0.15) is 0 Å². The third-order valence-electron chi connectivity index (χ3n) is 13.2. The molecular weight excluding hydrogens is 711 g/mol. The van der Waals surface area contributed by atoms with E-state index in [1.165, 1.54) is 77.9 Å². The molecule has 0 radical (unpaired) electrons. The summed E-state index contributed by atoms with van der Waals surface area (Å²) in [6, 6.07) is 82.8. The van der Waals surface area contributed by atoms with Crippen LogP contribution in [-0.4, -0.2) is 0 Å². The Balaban J connectivity index is 1.09. The van der Waals surface area contributed by atoms with Crippen LogP contribution < -0.4 is 4.90 Å². The van der Waals surface area contributed by atoms with Crippen LogP contribution in [0.15, 0.2) is 224 Å². The minimum Gasteiger partial charge on any atom is -0.310 e. The molecule has 59 heavy (non-hydrogen) atoms. The second kappa shape index (κ2) is 13.7. The lowest BCUT2D eigenvalue weighted by Crippen LogP contribution is -2.23. The molecule has 1 heteroatoms. The number of hydrogen-bond donors (Lipinski definition) is 0. The van der Waals surface area contributed by atoms with Crippen molar-refractivity contribution in [3.05, 3.63) is 258 Å². The summed E-state index contributed by atoms with van der Waals surface area (Å²) in [5, 5.41) is 0. The first kappa shape index (κ1) is 35.0. The lowest BCUT2D eigenvalue weighted by atomic mass is 9.74. The molecule has 1 nitrogen and oxygen atoms in total. The lowest BCUT2D eigenvalue weighted by molar-refractivity contribution is 0.713. The van der Waals surface area contributed by atoms with Gasteiger partial charge in [0.25, 0.3) is 0 Å². The van der Waals surface area contributed by atoms with Crippen molar-refractivity contribution in [3.8, 4) is 44.5 Å². The predicted molar refractivity (Wildman–Crippen MR) is 247 cm³/mol. The van der Waals surface area contributed by atoms with E-state index in [0.29, 0.717) is 0 Å². The number of nitrogens with zero attached hydrogens (tertiary/aromatic N) is 1. The number of rotatable bonds is 7. The van der Waals surface area contributed by atoms with Gasteiger partial charge in [-0.2, -0.15) is 0 Å². The van der Waals surface area contributed by atoms with Crippen molar-refractivity contribution in [3.63, 3.8) is 0 Å². The molecule has 9 aromatic rings. The van der Waals surface area contributed by atoms with E-state index in [0.717, 1.165) is 17.1 Å². The monoisotopic (exact) mass is 753 g/mol. The highest BCUT2D eigenvalue weighted by molar-refractivity contribution is 5.91. The highest BCUT2D eigenvalue weighted by atomic mass is 15.1. The number of benzene rings is 9. The third kappa shape index (κ3) is 5.46. The average molecular weight is 754 g/mol. The molecule has 2 unspecified atom stereocenters. The average Bonchev–Trinajstić information content (AvgIpc) is 3.73. The minimum absolute atomic E-state index is 0.261. The molecule has 0 aliphatic heterocycles. The van der Waals surface area contributed by atoms with Gasteiger partial charge in [-0.3, -0.25) is 0 Å². The Hall–Kier alpha value is -7.22. The van der Waals surface area contributed by atoms with Crippen LogP contribution in [0.25, 0.3) is 44.5 Å². The second-order valence-electron chi connectivity index (χ2n) is 16.4. The highest BCUT2D eigenvalue weighted by Crippen LogP contribution is 2.56. The fourth-order valence-electron chi connectivity index (χ4n) is 10.2. The molecule has 0 aromatic heterocycles. The molecule has 0 spiro atoms. The number of anilines is 3. The molecular formula is C58H43N. The SMILES string of the molecule is CC1(c2ccccc2)c2ccccc2-c2cc(N(c3ccc(-c4cccc(-c5ccccc5)c4)cc3)c3ccc4c(c3)C(C)(c3ccccc3)c3ccccc3-4)ccc21. The largest absolute Gasteiger partial charge is 0.310 e. The van der Waals surface area contributed by atoms with Crippen LogP contribution in [0.2, 0.25) is 0 Å². The lowest BCUT2D eigenvalue weighted by Gasteiger charge is -2.31. The molecule has 0 amide bonds. The Kier molecular flexibility index (Phi) is 8.13. The third-order valence-corrected chi connectivity index (χ3v) is 13.2. The molecule has 2 aliphatic carbocycles. The molecule has 0 N–H and O–H groups in total. The first-order valence-corrected chi connectivity index (χ1v) is 20.7. The molecule has 2 aliphatic rings. The number of hydrogen-bond acceptors (Lipinski definition) is 1. The van der Waals surface area contributed by atoms with Crippen molar-refractivity contribution >= 4 is 17.1 Å². The molecule has 0 saturated heterocycles. The zero-order valence-electron chi connectivity index (χ0n) is 33.3. The smallest absolute Gasteiger partial charge is 0.0468 e. The normalized spacial score (nSPS) is 17.1. The zero-order chi connectivity index (χ0) is 39.6. The minimum atomic E-state index is -0.309. The van der Waals surface area contributed by atoms with Gasteiger partial charge >= 0.3 is 0 Å². The Labute approximate surface area is 347 Å². The fourth-order valence-corrected chi connectivity index (χ4v) is 10.2. The summed E-state index contributed by atoms with van der Waals surface area (Å²) in [6.45, 7) is 4.79. The summed E-state index contributed by atoms with van der Waals surface area (Å²) in [6.07, 6.45) is 0. The molecule has 11 rings (SSSR count). The quantitative estimate of drug-likeness (QED) is 0.157. The van der Waals surface area contributed by atoms with Crippen LogP contribution >= 0.6 is 0 Å². The van der Waals surface area contributed by atoms with Crippen molar-refractivity contribution in [2.45, 2.75) is 24.7 Å². The van der Waals surface area contributed by atoms with Gasteiger partial charge in [0.2, 0.25) is 0 Å². The fraction of sp³-hybridized carbons (Fsp3) is 0.0690. The van der Waals surface area contributed by atoms with Crippen LogP contribution in [-0.2, 0) is 10.8 Å². The maximum Gasteiger partial charge on any atom is 0.0468 e. The van der Waals surface area contributed by atoms with Crippen molar-refractivity contribution in [2.24, 2.45) is 0 Å². The van der Waals surface area contributed by atoms with Crippen molar-refractivity contribution in [1.82, 2.24) is 0 Å². The van der Waals surface area contributed by atoms with E-state index >= 15 is 0 Å². The van der Waals surface area contributed by atoms with Crippen LogP contribution in [0, 0.1) is 0 Å². The standard InChI is InChI=1S/C58H43N/c1-57(44-21-8-4-9-22-44)54-28-15-13-26-50(54)52-38-47(34-36-55(52)57)59(46-31-29-41(30-32-46)43-20-16-19-42(37-43)40-17-6-3-7-18-40)48-33-35-51-49-25-12-14-27-53(49)58(2,56(51)39-48)45-23-10-5-11-24-45/h3-39H,1-2H3. The first-order valence-electron chi connectivity index (χ1n) is 20.7. The molecule has 9 aromatic carbocycles. The van der Waals surface area contributed by atoms with Gasteiger partial charge < -0.3 is 4.90 Å². The maximum absolute atomic E-state index is 2.46. The number of fused-ring (bicyclic) bond motifs is 6. The summed E-state index contributed by atoms with van der Waals surface area (Å²) >= 11 is 0. The molecule has 0 saturated carbocycles. The van der Waals surface area contributed by atoms with Gasteiger partial charge in [0.05, 0.1) is 0 Å². The van der Waals surface area contributed by atoms with Gasteiger partial charge in [-0.05, 0) is 134 Å². The summed E-state index contributed by atoms with van der Waals surface area (Å²) in [7, 11) is 0. The van der Waals surface area contributed by atoms with E-state index in [-0.39, 0.29) is 10.8 Å². The van der Waals surface area contributed by atoms with E-state index in [1.807, 2.05) is 0 Å². The molecule has 0 heterocycles. The molecule has 0 bridgehead atoms. The Morgan fingerprint density at radius 3 is 1.32 bits per heavy atom. The summed E-state index contributed by atoms with van der Waals surface area (Å²) < 4.78 is 0. The molecule has 280 valence electrons. The van der Waals surface area contributed by atoms with Crippen LogP contribution in [0.4, 0.5) is 17.1 Å². The topological polar surface area (TPSA) is 3.24 Å².